The van der Waals surface area contributed by atoms with E-state index in [-0.39, 0.29) is 5.12 Å². The SMILES string of the molecule is CC(=O)SCC#Cc1ccc(F)nc1. The van der Waals surface area contributed by atoms with E-state index in [2.05, 4.69) is 16.8 Å². The standard InChI is InChI=1S/C10H8FNOS/c1-8(13)14-6-2-3-9-4-5-10(11)12-7-9/h4-5,7H,6H2,1H3. The van der Waals surface area contributed by atoms with Crippen LogP contribution in [-0.2, 0) is 4.79 Å². The smallest absolute Gasteiger partial charge is 0.212 e. The van der Waals surface area contributed by atoms with Gasteiger partial charge in [0.05, 0.1) is 5.75 Å². The monoisotopic (exact) mass is 209 g/mol. The van der Waals surface area contributed by atoms with Crippen LogP contribution >= 0.6 is 11.8 Å². The van der Waals surface area contributed by atoms with Crippen LogP contribution in [0.1, 0.15) is 12.5 Å². The molecule has 2 nitrogen and oxygen atoms in total. The van der Waals surface area contributed by atoms with E-state index in [0.717, 1.165) is 11.8 Å². The van der Waals surface area contributed by atoms with Crippen molar-refractivity contribution in [3.05, 3.63) is 29.8 Å². The van der Waals surface area contributed by atoms with Crippen molar-refractivity contribution in [2.45, 2.75) is 6.92 Å². The Bertz CT molecular complexity index is 377. The number of nitrogens with zero attached hydrogens (tertiary/aromatic N) is 1. The van der Waals surface area contributed by atoms with Gasteiger partial charge in [0, 0.05) is 18.7 Å². The number of carbonyl (C=O) groups is 1. The van der Waals surface area contributed by atoms with E-state index in [9.17, 15) is 9.18 Å². The van der Waals surface area contributed by atoms with Crippen molar-refractivity contribution in [2.24, 2.45) is 0 Å². The molecule has 1 aromatic rings. The summed E-state index contributed by atoms with van der Waals surface area (Å²) in [6.45, 7) is 1.49. The van der Waals surface area contributed by atoms with Crippen molar-refractivity contribution >= 4 is 16.9 Å². The molecule has 14 heavy (non-hydrogen) atoms. The highest BCUT2D eigenvalue weighted by atomic mass is 32.2. The molecular weight excluding hydrogens is 201 g/mol. The Labute approximate surface area is 85.9 Å². The molecule has 1 rings (SSSR count). The first kappa shape index (κ1) is 10.7. The molecule has 0 aromatic carbocycles. The second kappa shape index (κ2) is 5.40. The molecule has 1 heterocycles. The van der Waals surface area contributed by atoms with Crippen molar-refractivity contribution in [2.75, 3.05) is 5.75 Å². The maximum absolute atomic E-state index is 12.4. The molecule has 0 N–H and O–H groups in total. The normalized spacial score (nSPS) is 9.00. The van der Waals surface area contributed by atoms with Crippen LogP contribution < -0.4 is 0 Å². The van der Waals surface area contributed by atoms with Crippen LogP contribution in [0.25, 0.3) is 0 Å². The van der Waals surface area contributed by atoms with E-state index < -0.39 is 5.95 Å². The molecule has 0 radical (unpaired) electrons. The van der Waals surface area contributed by atoms with Crippen LogP contribution in [0.3, 0.4) is 0 Å². The van der Waals surface area contributed by atoms with Gasteiger partial charge < -0.3 is 0 Å². The zero-order chi connectivity index (χ0) is 10.4. The average Bonchev–Trinajstić information content (AvgIpc) is 2.15. The van der Waals surface area contributed by atoms with Gasteiger partial charge in [0.2, 0.25) is 5.95 Å². The number of rotatable bonds is 1. The summed E-state index contributed by atoms with van der Waals surface area (Å²) in [4.78, 5) is 14.0. The summed E-state index contributed by atoms with van der Waals surface area (Å²) >= 11 is 1.15. The molecule has 72 valence electrons. The molecule has 0 bridgehead atoms. The first-order valence-electron chi connectivity index (χ1n) is 3.92. The predicted octanol–water partition coefficient (Wildman–Crippen LogP) is 1.85. The molecule has 0 fully saturated rings. The fourth-order valence-electron chi connectivity index (χ4n) is 0.726. The Kier molecular flexibility index (Phi) is 4.14. The van der Waals surface area contributed by atoms with Crippen molar-refractivity contribution in [1.29, 1.82) is 0 Å². The first-order valence-corrected chi connectivity index (χ1v) is 4.91. The fourth-order valence-corrected chi connectivity index (χ4v) is 1.07. The Balaban J connectivity index is 2.51. The second-order valence-electron chi connectivity index (χ2n) is 2.45. The Morgan fingerprint density at radius 2 is 2.43 bits per heavy atom. The molecule has 0 aliphatic heterocycles. The molecule has 0 atom stereocenters. The van der Waals surface area contributed by atoms with Gasteiger partial charge in [-0.3, -0.25) is 4.79 Å². The van der Waals surface area contributed by atoms with Crippen LogP contribution in [0.2, 0.25) is 0 Å². The highest BCUT2D eigenvalue weighted by molar-refractivity contribution is 8.13. The predicted molar refractivity (Wildman–Crippen MR) is 54.2 cm³/mol. The summed E-state index contributed by atoms with van der Waals surface area (Å²) in [6, 6.07) is 2.80. The number of halogens is 1. The maximum atomic E-state index is 12.4. The zero-order valence-electron chi connectivity index (χ0n) is 7.58. The van der Waals surface area contributed by atoms with Gasteiger partial charge >= 0.3 is 0 Å². The Morgan fingerprint density at radius 1 is 1.64 bits per heavy atom. The molecule has 4 heteroatoms. The minimum atomic E-state index is -0.520. The summed E-state index contributed by atoms with van der Waals surface area (Å²) < 4.78 is 12.4. The van der Waals surface area contributed by atoms with Gasteiger partial charge in [0.1, 0.15) is 0 Å². The van der Waals surface area contributed by atoms with E-state index in [0.29, 0.717) is 11.3 Å². The summed E-state index contributed by atoms with van der Waals surface area (Å²) in [5.41, 5.74) is 0.649. The zero-order valence-corrected chi connectivity index (χ0v) is 8.40. The number of aromatic nitrogens is 1. The van der Waals surface area contributed by atoms with Gasteiger partial charge in [-0.05, 0) is 12.1 Å². The van der Waals surface area contributed by atoms with E-state index >= 15 is 0 Å². The lowest BCUT2D eigenvalue weighted by molar-refractivity contribution is -0.109. The molecule has 0 saturated carbocycles. The average molecular weight is 209 g/mol. The van der Waals surface area contributed by atoms with Crippen molar-refractivity contribution in [3.8, 4) is 11.8 Å². The van der Waals surface area contributed by atoms with Crippen molar-refractivity contribution < 1.29 is 9.18 Å². The summed E-state index contributed by atoms with van der Waals surface area (Å²) in [5, 5.41) is 0.0385. The van der Waals surface area contributed by atoms with Crippen LogP contribution in [0, 0.1) is 17.8 Å². The molecule has 0 amide bonds. The molecule has 0 aliphatic carbocycles. The quantitative estimate of drug-likeness (QED) is 0.522. The van der Waals surface area contributed by atoms with Gasteiger partial charge in [0.15, 0.2) is 5.12 Å². The van der Waals surface area contributed by atoms with Crippen LogP contribution in [0.15, 0.2) is 18.3 Å². The molecular formula is C10H8FNOS. The topological polar surface area (TPSA) is 30.0 Å². The molecule has 1 aromatic heterocycles. The van der Waals surface area contributed by atoms with Gasteiger partial charge in [-0.1, -0.05) is 23.6 Å². The lowest BCUT2D eigenvalue weighted by Gasteiger charge is -1.88. The number of thioether (sulfide) groups is 1. The highest BCUT2D eigenvalue weighted by Gasteiger charge is 1.91. The van der Waals surface area contributed by atoms with E-state index in [4.69, 9.17) is 0 Å². The second-order valence-corrected chi connectivity index (χ2v) is 3.60. The number of hydrogen-bond donors (Lipinski definition) is 0. The summed E-state index contributed by atoms with van der Waals surface area (Å²) in [7, 11) is 0. The van der Waals surface area contributed by atoms with Crippen LogP contribution in [0.4, 0.5) is 4.39 Å². The lowest BCUT2D eigenvalue weighted by Crippen LogP contribution is -1.84. The maximum Gasteiger partial charge on any atom is 0.212 e. The minimum Gasteiger partial charge on any atom is -0.288 e. The largest absolute Gasteiger partial charge is 0.288 e. The van der Waals surface area contributed by atoms with Gasteiger partial charge in [-0.25, -0.2) is 4.98 Å². The number of carbonyl (C=O) groups excluding carboxylic acids is 1. The summed E-state index contributed by atoms with van der Waals surface area (Å²) in [6.07, 6.45) is 1.36. The van der Waals surface area contributed by atoms with Crippen molar-refractivity contribution in [3.63, 3.8) is 0 Å². The minimum absolute atomic E-state index is 0.0385. The molecule has 0 saturated heterocycles. The number of pyridine rings is 1. The van der Waals surface area contributed by atoms with Crippen LogP contribution in [0.5, 0.6) is 0 Å². The number of hydrogen-bond acceptors (Lipinski definition) is 3. The van der Waals surface area contributed by atoms with Crippen LogP contribution in [-0.4, -0.2) is 15.9 Å². The van der Waals surface area contributed by atoms with Gasteiger partial charge in [-0.2, -0.15) is 4.39 Å². The highest BCUT2D eigenvalue weighted by Crippen LogP contribution is 2.00. The third kappa shape index (κ3) is 4.06. The first-order chi connectivity index (χ1) is 6.68. The van der Waals surface area contributed by atoms with E-state index in [1.165, 1.54) is 19.2 Å². The molecule has 0 spiro atoms. The lowest BCUT2D eigenvalue weighted by atomic mass is 10.3. The third-order valence-electron chi connectivity index (χ3n) is 1.31. The van der Waals surface area contributed by atoms with Gasteiger partial charge in [0.25, 0.3) is 0 Å². The fraction of sp³-hybridized carbons (Fsp3) is 0.200. The van der Waals surface area contributed by atoms with E-state index in [1.807, 2.05) is 0 Å². The molecule has 0 aliphatic rings. The van der Waals surface area contributed by atoms with Gasteiger partial charge in [-0.15, -0.1) is 0 Å². The van der Waals surface area contributed by atoms with Crippen molar-refractivity contribution in [1.82, 2.24) is 4.98 Å². The van der Waals surface area contributed by atoms with E-state index in [1.54, 1.807) is 6.07 Å². The Morgan fingerprint density at radius 3 is 3.00 bits per heavy atom. The molecule has 0 unspecified atom stereocenters. The Hall–Kier alpha value is -1.34. The third-order valence-corrected chi connectivity index (χ3v) is 2.00. The summed E-state index contributed by atoms with van der Waals surface area (Å²) in [5.74, 6) is 5.49.